The standard InChI is InChI=1S/C10H16O4/c1-2-3-4-5-8(6-9(11)12)7-10(13)14/h2-3,8H,4-7H2,1H3,(H,11,12)(H,13,14)/b3-2-. The molecule has 0 unspecified atom stereocenters. The Morgan fingerprint density at radius 1 is 1.21 bits per heavy atom. The SMILES string of the molecule is C/C=C\CCC(CC(=O)O)CC(=O)O. The predicted octanol–water partition coefficient (Wildman–Crippen LogP) is 1.91. The normalized spacial score (nSPS) is 11.0. The Morgan fingerprint density at radius 2 is 1.71 bits per heavy atom. The van der Waals surface area contributed by atoms with Crippen LogP contribution in [0, 0.1) is 5.92 Å². The number of allylic oxidation sites excluding steroid dienone is 2. The molecule has 0 aromatic rings. The van der Waals surface area contributed by atoms with Crippen molar-refractivity contribution in [2.24, 2.45) is 5.92 Å². The highest BCUT2D eigenvalue weighted by Gasteiger charge is 2.15. The molecule has 0 aromatic heterocycles. The van der Waals surface area contributed by atoms with Crippen LogP contribution in [-0.4, -0.2) is 22.2 Å². The van der Waals surface area contributed by atoms with E-state index in [1.54, 1.807) is 0 Å². The van der Waals surface area contributed by atoms with Crippen LogP contribution in [0.4, 0.5) is 0 Å². The zero-order chi connectivity index (χ0) is 11.0. The van der Waals surface area contributed by atoms with Crippen LogP contribution in [0.25, 0.3) is 0 Å². The van der Waals surface area contributed by atoms with E-state index in [1.807, 2.05) is 19.1 Å². The van der Waals surface area contributed by atoms with Crippen LogP contribution < -0.4 is 0 Å². The summed E-state index contributed by atoms with van der Waals surface area (Å²) in [6, 6.07) is 0. The highest BCUT2D eigenvalue weighted by Crippen LogP contribution is 2.16. The summed E-state index contributed by atoms with van der Waals surface area (Å²) in [5.41, 5.74) is 0. The van der Waals surface area contributed by atoms with Gasteiger partial charge in [0.15, 0.2) is 0 Å². The molecule has 4 heteroatoms. The molecular weight excluding hydrogens is 184 g/mol. The summed E-state index contributed by atoms with van der Waals surface area (Å²) >= 11 is 0. The minimum atomic E-state index is -0.934. The van der Waals surface area contributed by atoms with Crippen LogP contribution in [0.1, 0.15) is 32.6 Å². The van der Waals surface area contributed by atoms with Crippen molar-refractivity contribution >= 4 is 11.9 Å². The van der Waals surface area contributed by atoms with Gasteiger partial charge in [-0.3, -0.25) is 9.59 Å². The lowest BCUT2D eigenvalue weighted by Gasteiger charge is -2.10. The van der Waals surface area contributed by atoms with Crippen molar-refractivity contribution in [3.8, 4) is 0 Å². The first-order valence-corrected chi connectivity index (χ1v) is 4.61. The lowest BCUT2D eigenvalue weighted by atomic mass is 9.96. The third kappa shape index (κ3) is 7.34. The molecule has 0 radical (unpaired) electrons. The third-order valence-electron chi connectivity index (χ3n) is 1.90. The Kier molecular flexibility index (Phi) is 6.45. The molecule has 80 valence electrons. The summed E-state index contributed by atoms with van der Waals surface area (Å²) in [6.45, 7) is 1.88. The Labute approximate surface area is 83.2 Å². The van der Waals surface area contributed by atoms with Crippen molar-refractivity contribution < 1.29 is 19.8 Å². The summed E-state index contributed by atoms with van der Waals surface area (Å²) in [5.74, 6) is -2.13. The van der Waals surface area contributed by atoms with Crippen molar-refractivity contribution in [2.75, 3.05) is 0 Å². The minimum absolute atomic E-state index is 0.0656. The molecule has 0 aliphatic heterocycles. The van der Waals surface area contributed by atoms with E-state index in [4.69, 9.17) is 10.2 Å². The van der Waals surface area contributed by atoms with Gasteiger partial charge in [0.2, 0.25) is 0 Å². The number of rotatable bonds is 7. The molecule has 0 fully saturated rings. The maximum Gasteiger partial charge on any atom is 0.303 e. The second kappa shape index (κ2) is 7.12. The van der Waals surface area contributed by atoms with E-state index < -0.39 is 11.9 Å². The van der Waals surface area contributed by atoms with Gasteiger partial charge in [-0.05, 0) is 25.7 Å². The van der Waals surface area contributed by atoms with Crippen molar-refractivity contribution in [2.45, 2.75) is 32.6 Å². The van der Waals surface area contributed by atoms with Crippen molar-refractivity contribution in [1.29, 1.82) is 0 Å². The molecule has 4 nitrogen and oxygen atoms in total. The van der Waals surface area contributed by atoms with Gasteiger partial charge in [0, 0.05) is 12.8 Å². The van der Waals surface area contributed by atoms with Crippen LogP contribution in [0.5, 0.6) is 0 Å². The fraction of sp³-hybridized carbons (Fsp3) is 0.600. The molecular formula is C10H16O4. The minimum Gasteiger partial charge on any atom is -0.481 e. The van der Waals surface area contributed by atoms with Gasteiger partial charge in [0.05, 0.1) is 0 Å². The maximum absolute atomic E-state index is 10.4. The van der Waals surface area contributed by atoms with Gasteiger partial charge < -0.3 is 10.2 Å². The number of hydrogen-bond acceptors (Lipinski definition) is 2. The summed E-state index contributed by atoms with van der Waals surface area (Å²) in [4.78, 5) is 20.8. The van der Waals surface area contributed by atoms with Gasteiger partial charge >= 0.3 is 11.9 Å². The fourth-order valence-electron chi connectivity index (χ4n) is 1.27. The molecule has 0 saturated carbocycles. The smallest absolute Gasteiger partial charge is 0.303 e. The monoisotopic (exact) mass is 200 g/mol. The van der Waals surface area contributed by atoms with E-state index in [1.165, 1.54) is 0 Å². The number of carboxylic acids is 2. The Morgan fingerprint density at radius 3 is 2.07 bits per heavy atom. The van der Waals surface area contributed by atoms with Crippen LogP contribution in [-0.2, 0) is 9.59 Å². The largest absolute Gasteiger partial charge is 0.481 e. The lowest BCUT2D eigenvalue weighted by molar-refractivity contribution is -0.140. The highest BCUT2D eigenvalue weighted by molar-refractivity contribution is 5.70. The van der Waals surface area contributed by atoms with E-state index in [9.17, 15) is 9.59 Å². The van der Waals surface area contributed by atoms with E-state index in [0.29, 0.717) is 6.42 Å². The maximum atomic E-state index is 10.4. The number of carboxylic acid groups (broad SMARTS) is 2. The van der Waals surface area contributed by atoms with Crippen LogP contribution >= 0.6 is 0 Å². The molecule has 2 N–H and O–H groups in total. The van der Waals surface area contributed by atoms with Gasteiger partial charge in [-0.15, -0.1) is 0 Å². The van der Waals surface area contributed by atoms with E-state index >= 15 is 0 Å². The van der Waals surface area contributed by atoms with Gasteiger partial charge in [-0.25, -0.2) is 0 Å². The third-order valence-corrected chi connectivity index (χ3v) is 1.90. The molecule has 0 bridgehead atoms. The Bertz CT molecular complexity index is 204. The van der Waals surface area contributed by atoms with Gasteiger partial charge in [-0.1, -0.05) is 12.2 Å². The summed E-state index contributed by atoms with van der Waals surface area (Å²) in [6.07, 6.45) is 5.01. The number of hydrogen-bond donors (Lipinski definition) is 2. The molecule has 0 amide bonds. The van der Waals surface area contributed by atoms with Gasteiger partial charge in [-0.2, -0.15) is 0 Å². The van der Waals surface area contributed by atoms with E-state index in [2.05, 4.69) is 0 Å². The molecule has 0 aliphatic rings. The van der Waals surface area contributed by atoms with Gasteiger partial charge in [0.1, 0.15) is 0 Å². The van der Waals surface area contributed by atoms with Crippen molar-refractivity contribution in [3.05, 3.63) is 12.2 Å². The zero-order valence-electron chi connectivity index (χ0n) is 8.27. The van der Waals surface area contributed by atoms with Crippen molar-refractivity contribution in [1.82, 2.24) is 0 Å². The molecule has 0 aliphatic carbocycles. The van der Waals surface area contributed by atoms with Crippen LogP contribution in [0.15, 0.2) is 12.2 Å². The average molecular weight is 200 g/mol. The predicted molar refractivity (Wildman–Crippen MR) is 52.0 cm³/mol. The van der Waals surface area contributed by atoms with E-state index in [0.717, 1.165) is 6.42 Å². The average Bonchev–Trinajstić information content (AvgIpc) is 2.02. The topological polar surface area (TPSA) is 74.6 Å². The Hall–Kier alpha value is -1.32. The first-order chi connectivity index (χ1) is 6.56. The van der Waals surface area contributed by atoms with Crippen LogP contribution in [0.3, 0.4) is 0 Å². The number of carbonyl (C=O) groups is 2. The van der Waals surface area contributed by atoms with Crippen molar-refractivity contribution in [3.63, 3.8) is 0 Å². The molecule has 0 atom stereocenters. The molecule has 0 rings (SSSR count). The summed E-state index contributed by atoms with van der Waals surface area (Å²) < 4.78 is 0. The molecule has 0 aromatic carbocycles. The summed E-state index contributed by atoms with van der Waals surface area (Å²) in [5, 5.41) is 17.1. The van der Waals surface area contributed by atoms with Crippen LogP contribution in [0.2, 0.25) is 0 Å². The zero-order valence-corrected chi connectivity index (χ0v) is 8.27. The summed E-state index contributed by atoms with van der Waals surface area (Å²) in [7, 11) is 0. The molecule has 0 saturated heterocycles. The Balaban J connectivity index is 3.96. The van der Waals surface area contributed by atoms with Gasteiger partial charge in [0.25, 0.3) is 0 Å². The highest BCUT2D eigenvalue weighted by atomic mass is 16.4. The lowest BCUT2D eigenvalue weighted by Crippen LogP contribution is -2.12. The molecule has 14 heavy (non-hydrogen) atoms. The first-order valence-electron chi connectivity index (χ1n) is 4.61. The second-order valence-electron chi connectivity index (χ2n) is 3.21. The number of aliphatic carboxylic acids is 2. The fourth-order valence-corrected chi connectivity index (χ4v) is 1.27. The second-order valence-corrected chi connectivity index (χ2v) is 3.21. The van der Waals surface area contributed by atoms with E-state index in [-0.39, 0.29) is 18.8 Å². The molecule has 0 spiro atoms. The first kappa shape index (κ1) is 12.7. The molecule has 0 heterocycles. The quantitative estimate of drug-likeness (QED) is 0.615.